The Bertz CT molecular complexity index is 872. The van der Waals surface area contributed by atoms with Crippen LogP contribution in [0.25, 0.3) is 5.95 Å². The number of carbonyl (C=O) groups excluding carboxylic acids is 2. The van der Waals surface area contributed by atoms with E-state index < -0.39 is 5.56 Å². The van der Waals surface area contributed by atoms with E-state index in [4.69, 9.17) is 0 Å². The lowest BCUT2D eigenvalue weighted by atomic mass is 10.0. The van der Waals surface area contributed by atoms with Gasteiger partial charge in [-0.05, 0) is 32.8 Å². The van der Waals surface area contributed by atoms with E-state index >= 15 is 0 Å². The molecule has 0 atom stereocenters. The van der Waals surface area contributed by atoms with Gasteiger partial charge in [0.15, 0.2) is 0 Å². The number of aryl methyl sites for hydroxylation is 2. The van der Waals surface area contributed by atoms with E-state index in [0.717, 1.165) is 16.1 Å². The van der Waals surface area contributed by atoms with Crippen LogP contribution in [0.5, 0.6) is 0 Å². The molecule has 2 amide bonds. The Hall–Kier alpha value is -2.97. The van der Waals surface area contributed by atoms with E-state index in [1.54, 1.807) is 17.9 Å². The normalized spacial score (nSPS) is 15.1. The standard InChI is InChI=1S/C17H22N6O3/c1-10-8-11(2)19-17(18-10)23-15(25)9-14(21-23)16(26)20-13-4-6-22(7-5-13)12(3)24/h8-9,13,21H,4-7H2,1-3H3,(H,20,26). The molecule has 26 heavy (non-hydrogen) atoms. The largest absolute Gasteiger partial charge is 0.348 e. The van der Waals surface area contributed by atoms with Crippen molar-refractivity contribution in [3.8, 4) is 5.95 Å². The highest BCUT2D eigenvalue weighted by Gasteiger charge is 2.23. The molecular formula is C17H22N6O3. The average Bonchev–Trinajstić information content (AvgIpc) is 2.96. The van der Waals surface area contributed by atoms with Crippen LogP contribution in [0.2, 0.25) is 0 Å². The summed E-state index contributed by atoms with van der Waals surface area (Å²) in [6.45, 7) is 6.41. The summed E-state index contributed by atoms with van der Waals surface area (Å²) >= 11 is 0. The first-order valence-corrected chi connectivity index (χ1v) is 8.54. The van der Waals surface area contributed by atoms with Gasteiger partial charge in [-0.2, -0.15) is 4.68 Å². The van der Waals surface area contributed by atoms with Crippen LogP contribution in [-0.2, 0) is 4.79 Å². The molecule has 3 rings (SSSR count). The van der Waals surface area contributed by atoms with Gasteiger partial charge in [-0.1, -0.05) is 0 Å². The third-order valence-electron chi connectivity index (χ3n) is 4.41. The molecule has 2 N–H and O–H groups in total. The predicted octanol–water partition coefficient (Wildman–Crippen LogP) is 0.313. The van der Waals surface area contributed by atoms with Crippen molar-refractivity contribution in [1.29, 1.82) is 0 Å². The van der Waals surface area contributed by atoms with Gasteiger partial charge in [0.2, 0.25) is 5.91 Å². The molecular weight excluding hydrogens is 336 g/mol. The number of hydrogen-bond donors (Lipinski definition) is 2. The van der Waals surface area contributed by atoms with Crippen LogP contribution in [-0.4, -0.2) is 55.6 Å². The molecule has 3 heterocycles. The predicted molar refractivity (Wildman–Crippen MR) is 94.2 cm³/mol. The number of amides is 2. The van der Waals surface area contributed by atoms with E-state index in [1.165, 1.54) is 6.07 Å². The fraction of sp³-hybridized carbons (Fsp3) is 0.471. The Kier molecular flexibility index (Phi) is 4.88. The van der Waals surface area contributed by atoms with Gasteiger partial charge in [0, 0.05) is 43.5 Å². The number of piperidine rings is 1. The number of nitrogens with one attached hydrogen (secondary N) is 2. The Morgan fingerprint density at radius 3 is 2.35 bits per heavy atom. The average molecular weight is 358 g/mol. The molecule has 2 aromatic heterocycles. The quantitative estimate of drug-likeness (QED) is 0.820. The molecule has 0 aromatic carbocycles. The number of aromatic nitrogens is 4. The minimum atomic E-state index is -0.397. The van der Waals surface area contributed by atoms with Gasteiger partial charge in [-0.25, -0.2) is 9.97 Å². The first kappa shape index (κ1) is 17.8. The maximum atomic E-state index is 12.4. The topological polar surface area (TPSA) is 113 Å². The van der Waals surface area contributed by atoms with Gasteiger partial charge in [0.1, 0.15) is 5.69 Å². The summed E-state index contributed by atoms with van der Waals surface area (Å²) in [5, 5.41) is 5.68. The number of likely N-dealkylation sites (tertiary alicyclic amines) is 1. The minimum absolute atomic E-state index is 0.0255. The van der Waals surface area contributed by atoms with Gasteiger partial charge >= 0.3 is 0 Å². The van der Waals surface area contributed by atoms with Crippen LogP contribution in [0.3, 0.4) is 0 Å². The van der Waals surface area contributed by atoms with Crippen molar-refractivity contribution in [2.24, 2.45) is 0 Å². The second-order valence-corrected chi connectivity index (χ2v) is 6.55. The van der Waals surface area contributed by atoms with Crippen molar-refractivity contribution >= 4 is 11.8 Å². The summed E-state index contributed by atoms with van der Waals surface area (Å²) in [5.41, 5.74) is 1.23. The molecule has 0 bridgehead atoms. The molecule has 9 nitrogen and oxygen atoms in total. The minimum Gasteiger partial charge on any atom is -0.348 e. The fourth-order valence-corrected chi connectivity index (χ4v) is 3.07. The van der Waals surface area contributed by atoms with E-state index in [0.29, 0.717) is 25.9 Å². The van der Waals surface area contributed by atoms with Crippen molar-refractivity contribution in [3.05, 3.63) is 39.6 Å². The Balaban J connectivity index is 1.72. The van der Waals surface area contributed by atoms with Crippen LogP contribution in [0.4, 0.5) is 0 Å². The van der Waals surface area contributed by atoms with Gasteiger partial charge in [0.05, 0.1) is 0 Å². The second kappa shape index (κ2) is 7.11. The summed E-state index contributed by atoms with van der Waals surface area (Å²) in [6.07, 6.45) is 1.38. The summed E-state index contributed by atoms with van der Waals surface area (Å²) in [7, 11) is 0. The second-order valence-electron chi connectivity index (χ2n) is 6.55. The number of carbonyl (C=O) groups is 2. The smallest absolute Gasteiger partial charge is 0.274 e. The van der Waals surface area contributed by atoms with Crippen LogP contribution < -0.4 is 10.9 Å². The molecule has 0 aliphatic carbocycles. The Morgan fingerprint density at radius 1 is 1.15 bits per heavy atom. The first-order chi connectivity index (χ1) is 12.3. The zero-order chi connectivity index (χ0) is 18.8. The molecule has 2 aromatic rings. The van der Waals surface area contributed by atoms with Crippen molar-refractivity contribution in [1.82, 2.24) is 30.0 Å². The highest BCUT2D eigenvalue weighted by Crippen LogP contribution is 2.11. The third kappa shape index (κ3) is 3.81. The van der Waals surface area contributed by atoms with Crippen molar-refractivity contribution in [3.63, 3.8) is 0 Å². The Labute approximate surface area is 150 Å². The van der Waals surface area contributed by atoms with Gasteiger partial charge in [0.25, 0.3) is 17.4 Å². The molecule has 0 radical (unpaired) electrons. The van der Waals surface area contributed by atoms with Gasteiger partial charge < -0.3 is 10.2 Å². The van der Waals surface area contributed by atoms with E-state index in [9.17, 15) is 14.4 Å². The Morgan fingerprint density at radius 2 is 1.77 bits per heavy atom. The molecule has 1 fully saturated rings. The lowest BCUT2D eigenvalue weighted by Gasteiger charge is -2.31. The van der Waals surface area contributed by atoms with Crippen LogP contribution >= 0.6 is 0 Å². The number of aromatic amines is 1. The van der Waals surface area contributed by atoms with Gasteiger partial charge in [-0.3, -0.25) is 19.5 Å². The van der Waals surface area contributed by atoms with Crippen molar-refractivity contribution in [2.45, 2.75) is 39.7 Å². The lowest BCUT2D eigenvalue weighted by molar-refractivity contribution is -0.129. The van der Waals surface area contributed by atoms with E-state index in [1.807, 2.05) is 13.8 Å². The number of rotatable bonds is 3. The summed E-state index contributed by atoms with van der Waals surface area (Å²) in [5.74, 6) is -0.0996. The number of H-pyrrole nitrogens is 1. The SMILES string of the molecule is CC(=O)N1CCC(NC(=O)c2cc(=O)n(-c3nc(C)cc(C)n3)[nH]2)CC1. The summed E-state index contributed by atoms with van der Waals surface area (Å²) in [4.78, 5) is 46.2. The third-order valence-corrected chi connectivity index (χ3v) is 4.41. The number of hydrogen-bond acceptors (Lipinski definition) is 5. The molecule has 1 aliphatic heterocycles. The maximum Gasteiger partial charge on any atom is 0.274 e. The monoisotopic (exact) mass is 358 g/mol. The van der Waals surface area contributed by atoms with Crippen LogP contribution in [0.15, 0.2) is 16.9 Å². The zero-order valence-corrected chi connectivity index (χ0v) is 15.1. The lowest BCUT2D eigenvalue weighted by Crippen LogP contribution is -2.46. The molecule has 138 valence electrons. The fourth-order valence-electron chi connectivity index (χ4n) is 3.07. The first-order valence-electron chi connectivity index (χ1n) is 8.54. The summed E-state index contributed by atoms with van der Waals surface area (Å²) < 4.78 is 1.16. The van der Waals surface area contributed by atoms with Crippen LogP contribution in [0.1, 0.15) is 41.6 Å². The van der Waals surface area contributed by atoms with Crippen molar-refractivity contribution in [2.75, 3.05) is 13.1 Å². The molecule has 0 spiro atoms. The molecule has 0 unspecified atom stereocenters. The van der Waals surface area contributed by atoms with Crippen molar-refractivity contribution < 1.29 is 9.59 Å². The number of nitrogens with zero attached hydrogens (tertiary/aromatic N) is 4. The zero-order valence-electron chi connectivity index (χ0n) is 15.1. The highest BCUT2D eigenvalue weighted by molar-refractivity contribution is 5.92. The maximum absolute atomic E-state index is 12.4. The molecule has 1 aliphatic rings. The van der Waals surface area contributed by atoms with Crippen LogP contribution in [0, 0.1) is 13.8 Å². The highest BCUT2D eigenvalue weighted by atomic mass is 16.2. The van der Waals surface area contributed by atoms with Gasteiger partial charge in [-0.15, -0.1) is 0 Å². The van der Waals surface area contributed by atoms with E-state index in [2.05, 4.69) is 20.4 Å². The summed E-state index contributed by atoms with van der Waals surface area (Å²) in [6, 6.07) is 3.02. The van der Waals surface area contributed by atoms with E-state index in [-0.39, 0.29) is 29.5 Å². The molecule has 0 saturated carbocycles. The molecule has 1 saturated heterocycles. The molecule has 9 heteroatoms.